The van der Waals surface area contributed by atoms with Gasteiger partial charge in [0.25, 0.3) is 11.8 Å². The summed E-state index contributed by atoms with van der Waals surface area (Å²) in [7, 11) is 3.06. The third kappa shape index (κ3) is 4.72. The van der Waals surface area contributed by atoms with Crippen molar-refractivity contribution in [3.05, 3.63) is 47.8 Å². The SMILES string of the molecule is CCC(C)NC(=O)c1cc(C(=O)Nc2cc(OC)ccc2OC)ccn1. The fourth-order valence-corrected chi connectivity index (χ4v) is 2.20. The van der Waals surface area contributed by atoms with Crippen LogP contribution in [0.25, 0.3) is 0 Å². The lowest BCUT2D eigenvalue weighted by Gasteiger charge is -2.13. The second-order valence-electron chi connectivity index (χ2n) is 5.73. The van der Waals surface area contributed by atoms with E-state index in [1.165, 1.54) is 19.4 Å². The Morgan fingerprint density at radius 3 is 2.54 bits per heavy atom. The lowest BCUT2D eigenvalue weighted by molar-refractivity contribution is 0.0934. The van der Waals surface area contributed by atoms with Gasteiger partial charge in [-0.3, -0.25) is 14.6 Å². The molecule has 1 heterocycles. The van der Waals surface area contributed by atoms with Crippen LogP contribution in [0, 0.1) is 0 Å². The number of pyridine rings is 1. The van der Waals surface area contributed by atoms with Crippen LogP contribution in [0.4, 0.5) is 5.69 Å². The highest BCUT2D eigenvalue weighted by Crippen LogP contribution is 2.29. The van der Waals surface area contributed by atoms with Crippen molar-refractivity contribution >= 4 is 17.5 Å². The highest BCUT2D eigenvalue weighted by Gasteiger charge is 2.15. The molecular formula is C19H23N3O4. The molecule has 138 valence electrons. The molecule has 2 amide bonds. The van der Waals surface area contributed by atoms with Crippen LogP contribution in [-0.2, 0) is 0 Å². The number of carbonyl (C=O) groups excluding carboxylic acids is 2. The average molecular weight is 357 g/mol. The first kappa shape index (κ1) is 19.2. The van der Waals surface area contributed by atoms with Crippen LogP contribution in [0.3, 0.4) is 0 Å². The number of ether oxygens (including phenoxy) is 2. The molecule has 7 nitrogen and oxygen atoms in total. The van der Waals surface area contributed by atoms with E-state index in [2.05, 4.69) is 15.6 Å². The number of methoxy groups -OCH3 is 2. The fourth-order valence-electron chi connectivity index (χ4n) is 2.20. The van der Waals surface area contributed by atoms with Gasteiger partial charge in [-0.25, -0.2) is 0 Å². The fraction of sp³-hybridized carbons (Fsp3) is 0.316. The van der Waals surface area contributed by atoms with Gasteiger partial charge in [-0.15, -0.1) is 0 Å². The number of aromatic nitrogens is 1. The summed E-state index contributed by atoms with van der Waals surface area (Å²) in [6.45, 7) is 3.88. The van der Waals surface area contributed by atoms with Gasteiger partial charge in [-0.05, 0) is 37.6 Å². The summed E-state index contributed by atoms with van der Waals surface area (Å²) < 4.78 is 10.4. The quantitative estimate of drug-likeness (QED) is 0.795. The Bertz CT molecular complexity index is 792. The molecule has 0 saturated heterocycles. The summed E-state index contributed by atoms with van der Waals surface area (Å²) in [5, 5.41) is 5.59. The zero-order valence-electron chi connectivity index (χ0n) is 15.3. The molecule has 1 unspecified atom stereocenters. The van der Waals surface area contributed by atoms with Crippen LogP contribution in [0.1, 0.15) is 41.1 Å². The lowest BCUT2D eigenvalue weighted by Crippen LogP contribution is -2.32. The highest BCUT2D eigenvalue weighted by molar-refractivity contribution is 6.06. The molecule has 2 aromatic rings. The van der Waals surface area contributed by atoms with Gasteiger partial charge in [-0.1, -0.05) is 6.92 Å². The standard InChI is InChI=1S/C19H23N3O4/c1-5-12(2)21-19(24)16-10-13(8-9-20-16)18(23)22-15-11-14(25-3)6-7-17(15)26-4/h6-12H,5H2,1-4H3,(H,21,24)(H,22,23). The van der Waals surface area contributed by atoms with Gasteiger partial charge in [0, 0.05) is 23.9 Å². The van der Waals surface area contributed by atoms with Gasteiger partial charge in [-0.2, -0.15) is 0 Å². The minimum atomic E-state index is -0.378. The van der Waals surface area contributed by atoms with Crippen LogP contribution in [0.15, 0.2) is 36.5 Å². The Morgan fingerprint density at radius 2 is 1.88 bits per heavy atom. The first-order chi connectivity index (χ1) is 12.5. The molecule has 0 bridgehead atoms. The van der Waals surface area contributed by atoms with E-state index < -0.39 is 0 Å². The molecule has 1 atom stereocenters. The zero-order chi connectivity index (χ0) is 19.1. The van der Waals surface area contributed by atoms with E-state index in [0.29, 0.717) is 22.7 Å². The predicted octanol–water partition coefficient (Wildman–Crippen LogP) is 2.88. The Morgan fingerprint density at radius 1 is 1.12 bits per heavy atom. The first-order valence-corrected chi connectivity index (χ1v) is 8.28. The maximum Gasteiger partial charge on any atom is 0.270 e. The van der Waals surface area contributed by atoms with E-state index in [9.17, 15) is 9.59 Å². The molecule has 0 radical (unpaired) electrons. The first-order valence-electron chi connectivity index (χ1n) is 8.28. The zero-order valence-corrected chi connectivity index (χ0v) is 15.3. The van der Waals surface area contributed by atoms with Crippen molar-refractivity contribution in [2.24, 2.45) is 0 Å². The van der Waals surface area contributed by atoms with Crippen LogP contribution < -0.4 is 20.1 Å². The van der Waals surface area contributed by atoms with E-state index in [4.69, 9.17) is 9.47 Å². The maximum absolute atomic E-state index is 12.6. The molecule has 26 heavy (non-hydrogen) atoms. The Hall–Kier alpha value is -3.09. The van der Waals surface area contributed by atoms with Gasteiger partial charge in [0.2, 0.25) is 0 Å². The van der Waals surface area contributed by atoms with Crippen molar-refractivity contribution in [2.75, 3.05) is 19.5 Å². The van der Waals surface area contributed by atoms with Crippen molar-refractivity contribution < 1.29 is 19.1 Å². The summed E-state index contributed by atoms with van der Waals surface area (Å²) in [5.74, 6) is 0.400. The van der Waals surface area contributed by atoms with Crippen molar-refractivity contribution in [1.29, 1.82) is 0 Å². The van der Waals surface area contributed by atoms with Crippen LogP contribution in [0.5, 0.6) is 11.5 Å². The van der Waals surface area contributed by atoms with Crippen molar-refractivity contribution in [2.45, 2.75) is 26.3 Å². The minimum Gasteiger partial charge on any atom is -0.497 e. The lowest BCUT2D eigenvalue weighted by atomic mass is 10.2. The molecule has 0 aliphatic carbocycles. The highest BCUT2D eigenvalue weighted by atomic mass is 16.5. The van der Waals surface area contributed by atoms with E-state index in [1.54, 1.807) is 31.4 Å². The second-order valence-corrected chi connectivity index (χ2v) is 5.73. The van der Waals surface area contributed by atoms with Crippen molar-refractivity contribution in [1.82, 2.24) is 10.3 Å². The summed E-state index contributed by atoms with van der Waals surface area (Å²) in [6.07, 6.45) is 2.24. The topological polar surface area (TPSA) is 89.6 Å². The van der Waals surface area contributed by atoms with E-state index in [1.807, 2.05) is 13.8 Å². The van der Waals surface area contributed by atoms with Gasteiger partial charge >= 0.3 is 0 Å². The summed E-state index contributed by atoms with van der Waals surface area (Å²) in [4.78, 5) is 28.8. The van der Waals surface area contributed by atoms with Gasteiger partial charge in [0.15, 0.2) is 0 Å². The summed E-state index contributed by atoms with van der Waals surface area (Å²) in [6, 6.07) is 8.13. The molecule has 2 rings (SSSR count). The van der Waals surface area contributed by atoms with Gasteiger partial charge in [0.1, 0.15) is 17.2 Å². The predicted molar refractivity (Wildman–Crippen MR) is 99.0 cm³/mol. The molecule has 0 spiro atoms. The van der Waals surface area contributed by atoms with Crippen LogP contribution in [0.2, 0.25) is 0 Å². The van der Waals surface area contributed by atoms with Crippen LogP contribution in [-0.4, -0.2) is 37.1 Å². The number of benzene rings is 1. The Kier molecular flexibility index (Phi) is 6.54. The van der Waals surface area contributed by atoms with Gasteiger partial charge < -0.3 is 20.1 Å². The van der Waals surface area contributed by atoms with Gasteiger partial charge in [0.05, 0.1) is 19.9 Å². The summed E-state index contributed by atoms with van der Waals surface area (Å²) >= 11 is 0. The number of nitrogens with zero attached hydrogens (tertiary/aromatic N) is 1. The van der Waals surface area contributed by atoms with Crippen molar-refractivity contribution in [3.63, 3.8) is 0 Å². The maximum atomic E-state index is 12.6. The average Bonchev–Trinajstić information content (AvgIpc) is 2.67. The number of amides is 2. The third-order valence-corrected chi connectivity index (χ3v) is 3.90. The third-order valence-electron chi connectivity index (χ3n) is 3.90. The Labute approximate surface area is 152 Å². The molecule has 0 aliphatic rings. The normalized spacial score (nSPS) is 11.4. The molecule has 0 saturated carbocycles. The number of carbonyl (C=O) groups is 2. The van der Waals surface area contributed by atoms with E-state index in [0.717, 1.165) is 6.42 Å². The summed E-state index contributed by atoms with van der Waals surface area (Å²) in [5.41, 5.74) is 0.981. The number of hydrogen-bond acceptors (Lipinski definition) is 5. The number of rotatable bonds is 7. The molecule has 2 N–H and O–H groups in total. The number of anilines is 1. The second kappa shape index (κ2) is 8.84. The van der Waals surface area contributed by atoms with Crippen LogP contribution >= 0.6 is 0 Å². The molecule has 0 aliphatic heterocycles. The van der Waals surface area contributed by atoms with E-state index in [-0.39, 0.29) is 23.6 Å². The monoisotopic (exact) mass is 357 g/mol. The largest absolute Gasteiger partial charge is 0.497 e. The molecule has 1 aromatic carbocycles. The Balaban J connectivity index is 2.20. The molecule has 7 heteroatoms. The van der Waals surface area contributed by atoms with Crippen molar-refractivity contribution in [3.8, 4) is 11.5 Å². The number of nitrogens with one attached hydrogen (secondary N) is 2. The van der Waals surface area contributed by atoms with E-state index >= 15 is 0 Å². The molecule has 0 fully saturated rings. The minimum absolute atomic E-state index is 0.0304. The smallest absolute Gasteiger partial charge is 0.270 e. The number of hydrogen-bond donors (Lipinski definition) is 2. The molecular weight excluding hydrogens is 334 g/mol. The molecule has 1 aromatic heterocycles.